The molecule has 3 rings (SSSR count). The number of carbonyl (C=O) groups excluding carboxylic acids is 4. The maximum Gasteiger partial charge on any atom is 0.408 e. The SMILES string of the molecule is CCC(CC)(c1cccc(Cl)c1)C(OC(=O)N[C@@H](CC(C)C)C(=O)N[C@H](C=O)C[C@@H]1CCNC1=O)c1ccc(F)cc1. The second kappa shape index (κ2) is 15.1. The predicted octanol–water partition coefficient (Wildman–Crippen LogP) is 5.63. The van der Waals surface area contributed by atoms with Crippen LogP contribution in [0.2, 0.25) is 5.02 Å². The van der Waals surface area contributed by atoms with Crippen molar-refractivity contribution in [3.63, 3.8) is 0 Å². The van der Waals surface area contributed by atoms with Gasteiger partial charge in [0, 0.05) is 22.9 Å². The summed E-state index contributed by atoms with van der Waals surface area (Å²) in [6.07, 6.45) is 1.16. The summed E-state index contributed by atoms with van der Waals surface area (Å²) in [5.74, 6) is -1.43. The third-order valence-corrected chi connectivity index (χ3v) is 8.30. The lowest BCUT2D eigenvalue weighted by atomic mass is 9.69. The zero-order valence-corrected chi connectivity index (χ0v) is 25.4. The fourth-order valence-electron chi connectivity index (χ4n) is 5.71. The summed E-state index contributed by atoms with van der Waals surface area (Å²) in [5.41, 5.74) is 0.750. The van der Waals surface area contributed by atoms with E-state index in [2.05, 4.69) is 16.0 Å². The fraction of sp³-hybridized carbons (Fsp3) is 0.500. The Bertz CT molecular complexity index is 1230. The first-order valence-electron chi connectivity index (χ1n) is 14.5. The van der Waals surface area contributed by atoms with Crippen LogP contribution in [0.1, 0.15) is 77.0 Å². The van der Waals surface area contributed by atoms with E-state index in [0.717, 1.165) is 5.56 Å². The third-order valence-electron chi connectivity index (χ3n) is 8.07. The number of rotatable bonds is 14. The summed E-state index contributed by atoms with van der Waals surface area (Å²) in [6.45, 7) is 8.33. The van der Waals surface area contributed by atoms with E-state index in [0.29, 0.717) is 49.1 Å². The maximum absolute atomic E-state index is 13.9. The lowest BCUT2D eigenvalue weighted by molar-refractivity contribution is -0.127. The zero-order chi connectivity index (χ0) is 30.9. The average molecular weight is 602 g/mol. The van der Waals surface area contributed by atoms with Crippen molar-refractivity contribution >= 4 is 35.8 Å². The number of aldehydes is 1. The normalized spacial score (nSPS) is 17.2. The summed E-state index contributed by atoms with van der Waals surface area (Å²) in [6, 6.07) is 11.3. The fourth-order valence-corrected chi connectivity index (χ4v) is 5.90. The molecule has 0 saturated carbocycles. The number of ether oxygens (including phenoxy) is 1. The molecule has 0 bridgehead atoms. The number of amides is 3. The van der Waals surface area contributed by atoms with Crippen molar-refractivity contribution in [1.29, 1.82) is 0 Å². The smallest absolute Gasteiger partial charge is 0.408 e. The average Bonchev–Trinajstić information content (AvgIpc) is 3.36. The Morgan fingerprint density at radius 3 is 2.38 bits per heavy atom. The number of alkyl carbamates (subject to hydrolysis) is 1. The van der Waals surface area contributed by atoms with Crippen LogP contribution in [0, 0.1) is 17.7 Å². The minimum Gasteiger partial charge on any atom is -0.440 e. The predicted molar refractivity (Wildman–Crippen MR) is 159 cm³/mol. The highest BCUT2D eigenvalue weighted by atomic mass is 35.5. The Balaban J connectivity index is 1.87. The summed E-state index contributed by atoms with van der Waals surface area (Å²) >= 11 is 6.35. The van der Waals surface area contributed by atoms with E-state index in [4.69, 9.17) is 16.3 Å². The highest BCUT2D eigenvalue weighted by Gasteiger charge is 2.42. The molecular weight excluding hydrogens is 561 g/mol. The molecule has 1 aliphatic rings. The van der Waals surface area contributed by atoms with Gasteiger partial charge in [-0.25, -0.2) is 9.18 Å². The molecule has 42 heavy (non-hydrogen) atoms. The van der Waals surface area contributed by atoms with Crippen LogP contribution in [0.15, 0.2) is 48.5 Å². The molecule has 8 nitrogen and oxygen atoms in total. The van der Waals surface area contributed by atoms with Crippen LogP contribution in [0.5, 0.6) is 0 Å². The molecule has 1 heterocycles. The summed E-state index contributed by atoms with van der Waals surface area (Å²) < 4.78 is 20.0. The van der Waals surface area contributed by atoms with Crippen molar-refractivity contribution in [3.8, 4) is 0 Å². The zero-order valence-electron chi connectivity index (χ0n) is 24.6. The van der Waals surface area contributed by atoms with Gasteiger partial charge in [0.1, 0.15) is 24.2 Å². The second-order valence-corrected chi connectivity index (χ2v) is 11.7. The van der Waals surface area contributed by atoms with E-state index >= 15 is 0 Å². The molecule has 3 amide bonds. The molecule has 1 saturated heterocycles. The Labute approximate surface area is 252 Å². The molecule has 1 fully saturated rings. The van der Waals surface area contributed by atoms with Gasteiger partial charge in [0.2, 0.25) is 11.8 Å². The summed E-state index contributed by atoms with van der Waals surface area (Å²) in [4.78, 5) is 50.6. The molecule has 1 unspecified atom stereocenters. The minimum atomic E-state index is -0.991. The van der Waals surface area contributed by atoms with Crippen LogP contribution in [-0.2, 0) is 24.5 Å². The van der Waals surface area contributed by atoms with Gasteiger partial charge in [0.25, 0.3) is 0 Å². The van der Waals surface area contributed by atoms with Crippen molar-refractivity contribution in [2.45, 2.75) is 83.4 Å². The first-order valence-corrected chi connectivity index (χ1v) is 14.9. The van der Waals surface area contributed by atoms with E-state index in [-0.39, 0.29) is 24.2 Å². The number of halogens is 2. The molecular formula is C32H41ClFN3O5. The van der Waals surface area contributed by atoms with Gasteiger partial charge in [-0.2, -0.15) is 0 Å². The molecule has 4 atom stereocenters. The van der Waals surface area contributed by atoms with E-state index in [1.165, 1.54) is 12.1 Å². The number of nitrogens with one attached hydrogen (secondary N) is 3. The lowest BCUT2D eigenvalue weighted by Gasteiger charge is -2.40. The Kier molecular flexibility index (Phi) is 11.9. The van der Waals surface area contributed by atoms with Gasteiger partial charge in [0.05, 0.1) is 6.04 Å². The van der Waals surface area contributed by atoms with Crippen LogP contribution in [0.25, 0.3) is 0 Å². The van der Waals surface area contributed by atoms with E-state index in [1.807, 2.05) is 45.9 Å². The quantitative estimate of drug-likeness (QED) is 0.243. The standard InChI is InChI=1S/C32H41ClFN3O5/c1-5-32(6-2,23-8-7-9-24(33)18-23)28(21-10-12-25(34)13-11-21)42-31(41)37-27(16-20(3)4)30(40)36-26(19-38)17-22-14-15-35-29(22)39/h7-13,18-20,22,26-28H,5-6,14-17H2,1-4H3,(H,35,39)(H,36,40)(H,37,41)/t22-,26-,27-,28?/m0/s1. The van der Waals surface area contributed by atoms with E-state index < -0.39 is 41.4 Å². The first-order chi connectivity index (χ1) is 20.0. The molecule has 2 aromatic rings. The highest BCUT2D eigenvalue weighted by molar-refractivity contribution is 6.30. The van der Waals surface area contributed by atoms with E-state index in [9.17, 15) is 23.6 Å². The van der Waals surface area contributed by atoms with E-state index in [1.54, 1.807) is 18.2 Å². The van der Waals surface area contributed by atoms with Gasteiger partial charge < -0.3 is 25.5 Å². The van der Waals surface area contributed by atoms with Gasteiger partial charge in [0.15, 0.2) is 0 Å². The van der Waals surface area contributed by atoms with Crippen molar-refractivity contribution < 1.29 is 28.3 Å². The summed E-state index contributed by atoms with van der Waals surface area (Å²) in [5, 5.41) is 8.66. The number of carbonyl (C=O) groups is 4. The monoisotopic (exact) mass is 601 g/mol. The minimum absolute atomic E-state index is 0.0288. The molecule has 0 aromatic heterocycles. The molecule has 3 N–H and O–H groups in total. The van der Waals surface area contributed by atoms with Gasteiger partial charge >= 0.3 is 6.09 Å². The van der Waals surface area contributed by atoms with Crippen LogP contribution >= 0.6 is 11.6 Å². The van der Waals surface area contributed by atoms with Crippen molar-refractivity contribution in [3.05, 3.63) is 70.5 Å². The molecule has 0 aliphatic carbocycles. The topological polar surface area (TPSA) is 114 Å². The number of hydrogen-bond donors (Lipinski definition) is 3. The largest absolute Gasteiger partial charge is 0.440 e. The molecule has 10 heteroatoms. The Morgan fingerprint density at radius 1 is 1.14 bits per heavy atom. The summed E-state index contributed by atoms with van der Waals surface area (Å²) in [7, 11) is 0. The van der Waals surface area contributed by atoms with Gasteiger partial charge in [-0.15, -0.1) is 0 Å². The number of hydrogen-bond acceptors (Lipinski definition) is 5. The first kappa shape index (κ1) is 33.0. The van der Waals surface area contributed by atoms with Crippen LogP contribution < -0.4 is 16.0 Å². The highest BCUT2D eigenvalue weighted by Crippen LogP contribution is 2.46. The van der Waals surface area contributed by atoms with Crippen LogP contribution in [0.4, 0.5) is 9.18 Å². The molecule has 228 valence electrons. The molecule has 0 spiro atoms. The van der Waals surface area contributed by atoms with Crippen LogP contribution in [0.3, 0.4) is 0 Å². The molecule has 2 aromatic carbocycles. The van der Waals surface area contributed by atoms with Crippen molar-refractivity contribution in [1.82, 2.24) is 16.0 Å². The molecule has 0 radical (unpaired) electrons. The van der Waals surface area contributed by atoms with Gasteiger partial charge in [-0.3, -0.25) is 9.59 Å². The second-order valence-electron chi connectivity index (χ2n) is 11.3. The Morgan fingerprint density at radius 2 is 1.83 bits per heavy atom. The lowest BCUT2D eigenvalue weighted by Crippen LogP contribution is -2.51. The van der Waals surface area contributed by atoms with Gasteiger partial charge in [-0.1, -0.05) is 63.6 Å². The molecule has 1 aliphatic heterocycles. The number of benzene rings is 2. The van der Waals surface area contributed by atoms with Crippen molar-refractivity contribution in [2.24, 2.45) is 11.8 Å². The van der Waals surface area contributed by atoms with Crippen molar-refractivity contribution in [2.75, 3.05) is 6.54 Å². The maximum atomic E-state index is 13.9. The third kappa shape index (κ3) is 8.31. The van der Waals surface area contributed by atoms with Gasteiger partial charge in [-0.05, 0) is 73.4 Å². The van der Waals surface area contributed by atoms with Crippen LogP contribution in [-0.4, -0.2) is 42.8 Å². The Hall–Kier alpha value is -3.46.